The van der Waals surface area contributed by atoms with Gasteiger partial charge in [0, 0.05) is 0 Å². The van der Waals surface area contributed by atoms with Crippen molar-refractivity contribution in [2.75, 3.05) is 0 Å². The molecule has 0 saturated heterocycles. The van der Waals surface area contributed by atoms with Gasteiger partial charge in [-0.2, -0.15) is 57.1 Å². The first kappa shape index (κ1) is 21.6. The van der Waals surface area contributed by atoms with E-state index >= 15 is 0 Å². The van der Waals surface area contributed by atoms with Gasteiger partial charge in [-0.3, -0.25) is 0 Å². The van der Waals surface area contributed by atoms with Crippen molar-refractivity contribution in [3.8, 4) is 0 Å². The maximum Gasteiger partial charge on any atom is 0.469 e. The van der Waals surface area contributed by atoms with Crippen LogP contribution in [0.4, 0.5) is 57.1 Å². The van der Waals surface area contributed by atoms with E-state index < -0.39 is 40.0 Å². The molecule has 0 saturated carbocycles. The summed E-state index contributed by atoms with van der Waals surface area (Å²) >= 11 is 6.97. The fourth-order valence-corrected chi connectivity index (χ4v) is 1.08. The summed E-state index contributed by atoms with van der Waals surface area (Å²) in [6.45, 7) is 0. The summed E-state index contributed by atoms with van der Waals surface area (Å²) in [7, 11) is 0. The van der Waals surface area contributed by atoms with Crippen molar-refractivity contribution >= 4 is 23.2 Å². The van der Waals surface area contributed by atoms with Crippen molar-refractivity contribution in [1.29, 1.82) is 0 Å². The lowest BCUT2D eigenvalue weighted by molar-refractivity contribution is -0.470. The highest BCUT2D eigenvalue weighted by Crippen LogP contribution is 2.56. The number of rotatable bonds is 5. The Morgan fingerprint density at radius 2 is 0.682 bits per heavy atom. The van der Waals surface area contributed by atoms with Crippen LogP contribution < -0.4 is 0 Å². The Balaban J connectivity index is 6.53. The lowest BCUT2D eigenvalue weighted by atomic mass is 10.3. The molecule has 0 radical (unpaired) electrons. The second kappa shape index (κ2) is 5.33. The van der Waals surface area contributed by atoms with Crippen LogP contribution in [0.15, 0.2) is 0 Å². The van der Waals surface area contributed by atoms with Gasteiger partial charge in [0.15, 0.2) is 0 Å². The molecule has 0 rings (SSSR count). The Kier molecular flexibility index (Phi) is 5.24. The number of alkyl halides is 15. The Bertz CT molecular complexity index is 342. The van der Waals surface area contributed by atoms with Crippen molar-refractivity contribution in [3.63, 3.8) is 0 Å². The van der Waals surface area contributed by atoms with Crippen LogP contribution in [-0.4, -0.2) is 40.0 Å². The molecule has 0 spiro atoms. The zero-order chi connectivity index (χ0) is 18.6. The lowest BCUT2D eigenvalue weighted by Gasteiger charge is -2.43. The van der Waals surface area contributed by atoms with Crippen LogP contribution >= 0.6 is 23.2 Å². The van der Waals surface area contributed by atoms with E-state index in [1.54, 1.807) is 0 Å². The number of hydrogen-bond acceptors (Lipinski definition) is 1. The molecular formula is C6Cl2F13N. The summed E-state index contributed by atoms with van der Waals surface area (Å²) in [6.07, 6.45) is -7.38. The van der Waals surface area contributed by atoms with Gasteiger partial charge in [-0.15, -0.1) is 0 Å². The number of halogens is 15. The molecule has 16 heteroatoms. The van der Waals surface area contributed by atoms with Crippen molar-refractivity contribution < 1.29 is 57.1 Å². The molecule has 22 heavy (non-hydrogen) atoms. The highest BCUT2D eigenvalue weighted by atomic mass is 35.5. The topological polar surface area (TPSA) is 3.24 Å². The average molecular weight is 404 g/mol. The fraction of sp³-hybridized carbons (Fsp3) is 1.00. The minimum absolute atomic E-state index is 3.48. The largest absolute Gasteiger partial charge is 0.469 e. The standard InChI is InChI=1S/C6Cl2F13N/c7-1(9,10)4(16,17)22(5(18,19)2(8,11)12)6(20,21)3(13,14)15. The van der Waals surface area contributed by atoms with Gasteiger partial charge in [0.1, 0.15) is 0 Å². The van der Waals surface area contributed by atoms with Gasteiger partial charge in [0.05, 0.1) is 0 Å². The predicted octanol–water partition coefficient (Wildman–Crippen LogP) is 5.29. The van der Waals surface area contributed by atoms with Crippen LogP contribution in [0, 0.1) is 0 Å². The first-order valence-electron chi connectivity index (χ1n) is 4.26. The Hall–Kier alpha value is -0.370. The summed E-state index contributed by atoms with van der Waals surface area (Å²) in [5.74, 6) is 0. The quantitative estimate of drug-likeness (QED) is 0.342. The first-order chi connectivity index (χ1) is 9.12. The van der Waals surface area contributed by atoms with Gasteiger partial charge in [-0.1, -0.05) is 4.90 Å². The maximum atomic E-state index is 12.8. The Morgan fingerprint density at radius 3 is 0.818 bits per heavy atom. The van der Waals surface area contributed by atoms with Crippen molar-refractivity contribution in [1.82, 2.24) is 4.90 Å². The summed E-state index contributed by atoms with van der Waals surface area (Å²) in [5, 5.41) is -13.0. The smallest absolute Gasteiger partial charge is 0.179 e. The molecule has 0 aliphatic heterocycles. The first-order valence-corrected chi connectivity index (χ1v) is 5.01. The van der Waals surface area contributed by atoms with Crippen LogP contribution in [0.5, 0.6) is 0 Å². The van der Waals surface area contributed by atoms with Crippen LogP contribution in [0.2, 0.25) is 0 Å². The molecule has 0 atom stereocenters. The van der Waals surface area contributed by atoms with Gasteiger partial charge in [-0.05, 0) is 23.2 Å². The molecule has 0 aliphatic rings. The molecule has 0 fully saturated rings. The summed E-state index contributed by atoms with van der Waals surface area (Å²) in [6, 6.07) is -22.1. The highest BCUT2D eigenvalue weighted by Gasteiger charge is 2.83. The van der Waals surface area contributed by atoms with Crippen molar-refractivity contribution in [2.24, 2.45) is 0 Å². The van der Waals surface area contributed by atoms with Gasteiger partial charge in [0.2, 0.25) is 0 Å². The summed E-state index contributed by atoms with van der Waals surface area (Å²) in [5.41, 5.74) is 0. The molecule has 0 unspecified atom stereocenters. The molecule has 0 N–H and O–H groups in total. The van der Waals surface area contributed by atoms with E-state index in [9.17, 15) is 57.1 Å². The number of nitrogens with zero attached hydrogens (tertiary/aromatic N) is 1. The molecule has 0 aromatic rings. The third-order valence-electron chi connectivity index (χ3n) is 1.87. The fourth-order valence-electron chi connectivity index (χ4n) is 0.909. The Morgan fingerprint density at radius 1 is 0.455 bits per heavy atom. The van der Waals surface area contributed by atoms with Gasteiger partial charge in [-0.25, -0.2) is 0 Å². The van der Waals surface area contributed by atoms with Crippen LogP contribution in [0.25, 0.3) is 0 Å². The SMILES string of the molecule is FC(F)(F)C(F)(F)N(C(F)(F)C(F)(F)Cl)C(F)(F)C(F)(F)Cl. The van der Waals surface area contributed by atoms with Crippen molar-refractivity contribution in [2.45, 2.75) is 35.1 Å². The van der Waals surface area contributed by atoms with Crippen LogP contribution in [0.3, 0.4) is 0 Å². The second-order valence-corrected chi connectivity index (χ2v) is 4.40. The van der Waals surface area contributed by atoms with E-state index in [0.29, 0.717) is 0 Å². The second-order valence-electron chi connectivity index (χ2n) is 3.45. The van der Waals surface area contributed by atoms with E-state index in [2.05, 4.69) is 23.2 Å². The third kappa shape index (κ3) is 3.42. The molecule has 0 heterocycles. The third-order valence-corrected chi connectivity index (χ3v) is 2.32. The number of hydrogen-bond donors (Lipinski definition) is 0. The summed E-state index contributed by atoms with van der Waals surface area (Å²) < 4.78 is 161. The van der Waals surface area contributed by atoms with E-state index in [1.807, 2.05) is 0 Å². The normalized spacial score (nSPS) is 16.4. The molecule has 0 aliphatic carbocycles. The minimum Gasteiger partial charge on any atom is -0.179 e. The molecular weight excluding hydrogens is 404 g/mol. The van der Waals surface area contributed by atoms with Gasteiger partial charge in [0.25, 0.3) is 0 Å². The van der Waals surface area contributed by atoms with Gasteiger partial charge >= 0.3 is 35.1 Å². The average Bonchev–Trinajstić information content (AvgIpc) is 2.09. The predicted molar refractivity (Wildman–Crippen MR) is 44.3 cm³/mol. The van der Waals surface area contributed by atoms with Crippen LogP contribution in [0.1, 0.15) is 0 Å². The molecule has 0 bridgehead atoms. The zero-order valence-corrected chi connectivity index (χ0v) is 10.6. The van der Waals surface area contributed by atoms with E-state index in [0.717, 1.165) is 0 Å². The maximum absolute atomic E-state index is 12.8. The molecule has 134 valence electrons. The summed E-state index contributed by atoms with van der Waals surface area (Å²) in [4.78, 5) is -4.08. The highest BCUT2D eigenvalue weighted by molar-refractivity contribution is 6.22. The molecule has 0 aromatic heterocycles. The van der Waals surface area contributed by atoms with Crippen LogP contribution in [-0.2, 0) is 0 Å². The molecule has 1 nitrogen and oxygen atoms in total. The van der Waals surface area contributed by atoms with E-state index in [4.69, 9.17) is 0 Å². The lowest BCUT2D eigenvalue weighted by Crippen LogP contribution is -2.72. The molecule has 0 amide bonds. The molecule has 0 aromatic carbocycles. The monoisotopic (exact) mass is 403 g/mol. The minimum atomic E-state index is -7.56. The Labute approximate surface area is 121 Å². The van der Waals surface area contributed by atoms with Crippen molar-refractivity contribution in [3.05, 3.63) is 0 Å². The van der Waals surface area contributed by atoms with E-state index in [1.165, 1.54) is 0 Å². The zero-order valence-electron chi connectivity index (χ0n) is 9.12. The van der Waals surface area contributed by atoms with Gasteiger partial charge < -0.3 is 0 Å². The van der Waals surface area contributed by atoms with E-state index in [-0.39, 0.29) is 0 Å².